The summed E-state index contributed by atoms with van der Waals surface area (Å²) >= 11 is 23.4. The van der Waals surface area contributed by atoms with Gasteiger partial charge in [-0.25, -0.2) is 0 Å². The molecule has 21 heavy (non-hydrogen) atoms. The number of hydrogen-bond acceptors (Lipinski definition) is 2. The molecule has 0 aliphatic carbocycles. The minimum absolute atomic E-state index is 0. The summed E-state index contributed by atoms with van der Waals surface area (Å²) < 4.78 is 0. The molecule has 0 bridgehead atoms. The van der Waals surface area contributed by atoms with Crippen molar-refractivity contribution >= 4 is 109 Å². The second-order valence-electron chi connectivity index (χ2n) is 3.80. The average molecular weight is 390 g/mol. The van der Waals surface area contributed by atoms with Crippen molar-refractivity contribution in [3.8, 4) is 5.75 Å². The Balaban J connectivity index is 0.00000220. The zero-order valence-electron chi connectivity index (χ0n) is 10.8. The van der Waals surface area contributed by atoms with E-state index in [1.165, 1.54) is 0 Å². The molecule has 1 radical (unpaired) electrons. The first-order chi connectivity index (χ1) is 9.43. The van der Waals surface area contributed by atoms with Gasteiger partial charge < -0.3 is 10.4 Å². The Kier molecular flexibility index (Phi) is 7.81. The number of halogens is 4. The number of phenols is 1. The summed E-state index contributed by atoms with van der Waals surface area (Å²) in [4.78, 5) is 12.2. The van der Waals surface area contributed by atoms with Crippen LogP contribution in [0.15, 0.2) is 30.3 Å². The van der Waals surface area contributed by atoms with Crippen molar-refractivity contribution in [2.45, 2.75) is 0 Å². The maximum Gasteiger partial charge on any atom is 0.261 e. The third kappa shape index (κ3) is 4.28. The average Bonchev–Trinajstić information content (AvgIpc) is 2.44. The Labute approximate surface area is 183 Å². The number of carbonyl (C=O) groups excluding carboxylic acids is 1. The minimum Gasteiger partial charge on any atom is -0.505 e. The molecule has 3 nitrogen and oxygen atoms in total. The van der Waals surface area contributed by atoms with E-state index in [1.54, 1.807) is 30.3 Å². The Morgan fingerprint density at radius 2 is 1.43 bits per heavy atom. The molecule has 0 unspecified atom stereocenters. The van der Waals surface area contributed by atoms with Crippen LogP contribution in [-0.2, 0) is 0 Å². The first kappa shape index (κ1) is 19.6. The van der Waals surface area contributed by atoms with Crippen molar-refractivity contribution in [3.05, 3.63) is 56.0 Å². The number of phenolic OH excluding ortho intramolecular Hbond substituents is 1. The van der Waals surface area contributed by atoms with Gasteiger partial charge in [0.1, 0.15) is 16.3 Å². The van der Waals surface area contributed by atoms with E-state index in [9.17, 15) is 9.90 Å². The van der Waals surface area contributed by atoms with E-state index in [-0.39, 0.29) is 77.0 Å². The number of aromatic hydroxyl groups is 1. The molecule has 2 rings (SSSR count). The van der Waals surface area contributed by atoms with Gasteiger partial charge in [-0.05, 0) is 12.1 Å². The van der Waals surface area contributed by atoms with Crippen molar-refractivity contribution in [1.82, 2.24) is 0 Å². The van der Waals surface area contributed by atoms with E-state index in [2.05, 4.69) is 5.32 Å². The number of anilines is 1. The van der Waals surface area contributed by atoms with Crippen molar-refractivity contribution in [1.29, 1.82) is 0 Å². The number of para-hydroxylation sites is 1. The fourth-order valence-electron chi connectivity index (χ4n) is 1.54. The predicted molar refractivity (Wildman–Crippen MR) is 88.3 cm³/mol. The van der Waals surface area contributed by atoms with Crippen LogP contribution in [0.25, 0.3) is 0 Å². The number of carbonyl (C=O) groups is 1. The van der Waals surface area contributed by atoms with Crippen LogP contribution in [0.5, 0.6) is 5.75 Å². The monoisotopic (exact) mass is 388 g/mol. The molecule has 0 spiro atoms. The number of benzene rings is 2. The second-order valence-corrected chi connectivity index (χ2v) is 5.31. The van der Waals surface area contributed by atoms with Gasteiger partial charge in [0.25, 0.3) is 5.91 Å². The zero-order chi connectivity index (χ0) is 14.9. The van der Waals surface area contributed by atoms with Crippen LogP contribution >= 0.6 is 46.4 Å². The quantitative estimate of drug-likeness (QED) is 0.437. The summed E-state index contributed by atoms with van der Waals surface area (Å²) in [5, 5.41) is 11.9. The summed E-state index contributed by atoms with van der Waals surface area (Å²) in [6.45, 7) is 0. The fraction of sp³-hybridized carbons (Fsp3) is 0. The number of nitrogens with one attached hydrogen (secondary N) is 1. The van der Waals surface area contributed by atoms with Crippen LogP contribution in [0, 0.1) is 0 Å². The van der Waals surface area contributed by atoms with E-state index < -0.39 is 11.7 Å². The molecule has 105 valence electrons. The maximum absolute atomic E-state index is 12.2. The Bertz CT molecular complexity index is 651. The summed E-state index contributed by atoms with van der Waals surface area (Å²) in [7, 11) is 0. The van der Waals surface area contributed by atoms with Crippen molar-refractivity contribution in [2.24, 2.45) is 0 Å². The van der Waals surface area contributed by atoms with Gasteiger partial charge in [-0.2, -0.15) is 0 Å². The molecule has 2 aromatic rings. The smallest absolute Gasteiger partial charge is 0.261 e. The largest absolute Gasteiger partial charge is 0.505 e. The molecule has 2 N–H and O–H groups in total. The van der Waals surface area contributed by atoms with Crippen LogP contribution in [0.4, 0.5) is 5.69 Å². The SMILES string of the molecule is O=C(Nc1ccccc1)c1c(O)c(Cl)c(Cl)c(Cl)c1Cl.[K]. The minimum atomic E-state index is -0.640. The van der Waals surface area contributed by atoms with Gasteiger partial charge in [-0.15, -0.1) is 0 Å². The van der Waals surface area contributed by atoms with E-state index in [0.29, 0.717) is 5.69 Å². The number of rotatable bonds is 2. The molecule has 0 aromatic heterocycles. The third-order valence-corrected chi connectivity index (χ3v) is 4.29. The molecule has 0 heterocycles. The van der Waals surface area contributed by atoms with Gasteiger partial charge >= 0.3 is 0 Å². The van der Waals surface area contributed by atoms with Gasteiger partial charge in [0, 0.05) is 57.1 Å². The van der Waals surface area contributed by atoms with Gasteiger partial charge in [-0.3, -0.25) is 4.79 Å². The molecule has 1 amide bonds. The summed E-state index contributed by atoms with van der Waals surface area (Å²) in [5.41, 5.74) is 0.310. The van der Waals surface area contributed by atoms with Crippen molar-refractivity contribution < 1.29 is 9.90 Å². The van der Waals surface area contributed by atoms with Crippen molar-refractivity contribution in [2.75, 3.05) is 5.32 Å². The molecule has 8 heteroatoms. The molecular weight excluding hydrogens is 383 g/mol. The molecule has 0 atom stereocenters. The molecule has 0 fully saturated rings. The molecule has 0 saturated carbocycles. The Morgan fingerprint density at radius 3 is 2.00 bits per heavy atom. The predicted octanol–water partition coefficient (Wildman–Crippen LogP) is 4.88. The first-order valence-corrected chi connectivity index (χ1v) is 6.86. The van der Waals surface area contributed by atoms with Crippen LogP contribution in [-0.4, -0.2) is 62.4 Å². The van der Waals surface area contributed by atoms with Crippen LogP contribution < -0.4 is 5.32 Å². The molecule has 0 aliphatic rings. The maximum atomic E-state index is 12.2. The normalized spacial score (nSPS) is 9.90. The zero-order valence-corrected chi connectivity index (χ0v) is 16.9. The summed E-state index contributed by atoms with van der Waals surface area (Å²) in [6, 6.07) is 8.66. The molecular formula is C13H7Cl4KNO2. The van der Waals surface area contributed by atoms with E-state index in [0.717, 1.165) is 0 Å². The number of amides is 1. The van der Waals surface area contributed by atoms with Crippen LogP contribution in [0.3, 0.4) is 0 Å². The molecule has 0 saturated heterocycles. The Morgan fingerprint density at radius 1 is 0.905 bits per heavy atom. The second kappa shape index (κ2) is 8.38. The third-order valence-electron chi connectivity index (χ3n) is 2.50. The van der Waals surface area contributed by atoms with Crippen molar-refractivity contribution in [3.63, 3.8) is 0 Å². The number of hydrogen-bond donors (Lipinski definition) is 2. The van der Waals surface area contributed by atoms with Crippen LogP contribution in [0.2, 0.25) is 20.1 Å². The van der Waals surface area contributed by atoms with E-state index in [4.69, 9.17) is 46.4 Å². The Hall–Kier alpha value is 0.506. The van der Waals surface area contributed by atoms with Gasteiger partial charge in [0.05, 0.1) is 15.1 Å². The summed E-state index contributed by atoms with van der Waals surface area (Å²) in [6.07, 6.45) is 0. The van der Waals surface area contributed by atoms with E-state index in [1.807, 2.05) is 0 Å². The summed E-state index contributed by atoms with van der Waals surface area (Å²) in [5.74, 6) is -1.15. The molecule has 2 aromatic carbocycles. The van der Waals surface area contributed by atoms with Gasteiger partial charge in [0.2, 0.25) is 0 Å². The van der Waals surface area contributed by atoms with Gasteiger partial charge in [-0.1, -0.05) is 64.6 Å². The molecule has 0 aliphatic heterocycles. The van der Waals surface area contributed by atoms with Crippen LogP contribution in [0.1, 0.15) is 10.4 Å². The first-order valence-electron chi connectivity index (χ1n) is 5.34. The topological polar surface area (TPSA) is 49.3 Å². The van der Waals surface area contributed by atoms with E-state index >= 15 is 0 Å². The fourth-order valence-corrected chi connectivity index (χ4v) is 2.47. The van der Waals surface area contributed by atoms with Gasteiger partial charge in [0.15, 0.2) is 0 Å². The standard InChI is InChI=1S/C13H7Cl4NO2.K/c14-8-7(12(19)11(17)10(16)9(8)15)13(20)18-6-4-2-1-3-5-6;/h1-5,19H,(H,18,20);.